The molecule has 2 fully saturated rings. The van der Waals surface area contributed by atoms with E-state index < -0.39 is 11.6 Å². The van der Waals surface area contributed by atoms with Gasteiger partial charge >= 0.3 is 5.97 Å². The number of nitrogens with zero attached hydrogens (tertiary/aromatic N) is 1. The summed E-state index contributed by atoms with van der Waals surface area (Å²) in [7, 11) is 4.42. The maximum atomic E-state index is 13.1. The number of aliphatic hydroxyl groups is 1. The maximum absolute atomic E-state index is 13.1. The van der Waals surface area contributed by atoms with Crippen LogP contribution in [0.4, 0.5) is 0 Å². The summed E-state index contributed by atoms with van der Waals surface area (Å²) in [5.41, 5.74) is -0.831. The fraction of sp³-hybridized carbons (Fsp3) is 0.667. The maximum Gasteiger partial charge on any atom is 0.343 e. The zero-order chi connectivity index (χ0) is 17.9. The average molecular weight is 473 g/mol. The fourth-order valence-electron chi connectivity index (χ4n) is 4.33. The Balaban J connectivity index is 0.00000243. The van der Waals surface area contributed by atoms with Crippen molar-refractivity contribution < 1.29 is 43.1 Å². The van der Waals surface area contributed by atoms with Crippen LogP contribution in [-0.4, -0.2) is 48.8 Å². The lowest BCUT2D eigenvalue weighted by atomic mass is 9.73. The van der Waals surface area contributed by atoms with Crippen molar-refractivity contribution in [3.63, 3.8) is 0 Å². The third-order valence-corrected chi connectivity index (χ3v) is 6.11. The minimum atomic E-state index is -1.51. The Morgan fingerprint density at radius 1 is 1.04 bits per heavy atom. The van der Waals surface area contributed by atoms with E-state index in [1.807, 2.05) is 30.3 Å². The molecule has 1 N–H and O–H groups in total. The van der Waals surface area contributed by atoms with Gasteiger partial charge < -0.3 is 38.3 Å². The third-order valence-electron chi connectivity index (χ3n) is 6.11. The number of carbonyl (C=O) groups excluding carboxylic acids is 1. The Kier molecular flexibility index (Phi) is 7.51. The highest BCUT2D eigenvalue weighted by Gasteiger charge is 2.48. The summed E-state index contributed by atoms with van der Waals surface area (Å²) in [6.45, 7) is 2.01. The van der Waals surface area contributed by atoms with E-state index in [1.54, 1.807) is 0 Å². The van der Waals surface area contributed by atoms with Crippen molar-refractivity contribution in [1.29, 1.82) is 0 Å². The second kappa shape index (κ2) is 9.02. The first-order valence-corrected chi connectivity index (χ1v) is 9.73. The minimum absolute atomic E-state index is 0. The van der Waals surface area contributed by atoms with Gasteiger partial charge in [0, 0.05) is 18.8 Å². The normalized spacial score (nSPS) is 23.5. The SMILES string of the molecule is C[N+]1(C)CCC(OC(=O)C(O)(c2ccccc2)C2CCCCC2)CC1.[I-]. The summed E-state index contributed by atoms with van der Waals surface area (Å²) in [5.74, 6) is -0.491. The summed E-state index contributed by atoms with van der Waals surface area (Å²) in [4.78, 5) is 13.1. The lowest BCUT2D eigenvalue weighted by Gasteiger charge is -2.40. The van der Waals surface area contributed by atoms with Gasteiger partial charge in [-0.1, -0.05) is 49.6 Å². The highest BCUT2D eigenvalue weighted by atomic mass is 127. The Labute approximate surface area is 174 Å². The van der Waals surface area contributed by atoms with E-state index >= 15 is 0 Å². The number of halogens is 1. The van der Waals surface area contributed by atoms with Crippen LogP contribution in [0.15, 0.2) is 30.3 Å². The molecular weight excluding hydrogens is 441 g/mol. The molecule has 3 rings (SSSR count). The quantitative estimate of drug-likeness (QED) is 0.388. The molecule has 1 saturated carbocycles. The molecule has 1 aliphatic heterocycles. The first kappa shape index (κ1) is 21.6. The number of ether oxygens (including phenoxy) is 1. The van der Waals surface area contributed by atoms with Crippen LogP contribution in [0, 0.1) is 5.92 Å². The van der Waals surface area contributed by atoms with Crippen molar-refractivity contribution in [3.05, 3.63) is 35.9 Å². The van der Waals surface area contributed by atoms with Gasteiger partial charge in [0.15, 0.2) is 5.60 Å². The molecule has 1 unspecified atom stereocenters. The summed E-state index contributed by atoms with van der Waals surface area (Å²) in [6.07, 6.45) is 6.76. The summed E-state index contributed by atoms with van der Waals surface area (Å²) >= 11 is 0. The zero-order valence-electron chi connectivity index (χ0n) is 16.0. The van der Waals surface area contributed by atoms with Crippen LogP contribution in [0.3, 0.4) is 0 Å². The second-order valence-electron chi connectivity index (χ2n) is 8.45. The van der Waals surface area contributed by atoms with E-state index in [4.69, 9.17) is 4.74 Å². The van der Waals surface area contributed by atoms with Gasteiger partial charge in [-0.05, 0) is 18.4 Å². The van der Waals surface area contributed by atoms with Crippen molar-refractivity contribution in [3.8, 4) is 0 Å². The lowest BCUT2D eigenvalue weighted by molar-refractivity contribution is -0.896. The smallest absolute Gasteiger partial charge is 0.343 e. The molecule has 0 radical (unpaired) electrons. The molecule has 0 amide bonds. The number of hydrogen-bond donors (Lipinski definition) is 1. The number of esters is 1. The molecule has 0 bridgehead atoms. The van der Waals surface area contributed by atoms with Crippen molar-refractivity contribution >= 4 is 5.97 Å². The van der Waals surface area contributed by atoms with Crippen molar-refractivity contribution in [2.75, 3.05) is 27.2 Å². The Morgan fingerprint density at radius 2 is 1.62 bits per heavy atom. The molecule has 1 saturated heterocycles. The zero-order valence-corrected chi connectivity index (χ0v) is 18.2. The Bertz CT molecular complexity index is 576. The molecule has 1 atom stereocenters. The first-order chi connectivity index (χ1) is 11.9. The Morgan fingerprint density at radius 3 is 2.19 bits per heavy atom. The van der Waals surface area contributed by atoms with Gasteiger partial charge in [-0.2, -0.15) is 0 Å². The van der Waals surface area contributed by atoms with Gasteiger partial charge in [0.1, 0.15) is 6.10 Å². The highest BCUT2D eigenvalue weighted by Crippen LogP contribution is 2.40. The van der Waals surface area contributed by atoms with E-state index in [1.165, 1.54) is 6.42 Å². The van der Waals surface area contributed by atoms with Crippen molar-refractivity contribution in [2.24, 2.45) is 5.92 Å². The molecule has 1 aliphatic carbocycles. The molecule has 1 heterocycles. The molecule has 5 heteroatoms. The molecule has 1 aromatic carbocycles. The van der Waals surface area contributed by atoms with E-state index in [9.17, 15) is 9.90 Å². The number of piperidine rings is 1. The summed E-state index contributed by atoms with van der Waals surface area (Å²) in [6, 6.07) is 9.40. The fourth-order valence-corrected chi connectivity index (χ4v) is 4.33. The summed E-state index contributed by atoms with van der Waals surface area (Å²) in [5, 5.41) is 11.5. The van der Waals surface area contributed by atoms with Gasteiger partial charge in [-0.3, -0.25) is 0 Å². The largest absolute Gasteiger partial charge is 1.00 e. The van der Waals surface area contributed by atoms with E-state index in [-0.39, 0.29) is 36.0 Å². The second-order valence-corrected chi connectivity index (χ2v) is 8.45. The lowest BCUT2D eigenvalue weighted by Crippen LogP contribution is -3.00. The van der Waals surface area contributed by atoms with Gasteiger partial charge in [-0.15, -0.1) is 0 Å². The van der Waals surface area contributed by atoms with Crippen LogP contribution in [0.2, 0.25) is 0 Å². The van der Waals surface area contributed by atoms with Crippen LogP contribution in [0.5, 0.6) is 0 Å². The van der Waals surface area contributed by atoms with Gasteiger partial charge in [0.05, 0.1) is 27.2 Å². The van der Waals surface area contributed by atoms with Crippen LogP contribution in [-0.2, 0) is 15.1 Å². The van der Waals surface area contributed by atoms with Crippen LogP contribution in [0.25, 0.3) is 0 Å². The molecule has 146 valence electrons. The van der Waals surface area contributed by atoms with Gasteiger partial charge in [0.2, 0.25) is 0 Å². The average Bonchev–Trinajstić information content (AvgIpc) is 2.64. The van der Waals surface area contributed by atoms with Crippen LogP contribution in [0.1, 0.15) is 50.5 Å². The van der Waals surface area contributed by atoms with E-state index in [0.717, 1.165) is 56.1 Å². The number of benzene rings is 1. The number of quaternary nitrogens is 1. The number of rotatable bonds is 4. The van der Waals surface area contributed by atoms with E-state index in [2.05, 4.69) is 14.1 Å². The first-order valence-electron chi connectivity index (χ1n) is 9.73. The van der Waals surface area contributed by atoms with Gasteiger partial charge in [-0.25, -0.2) is 4.79 Å². The topological polar surface area (TPSA) is 46.5 Å². The van der Waals surface area contributed by atoms with E-state index in [0.29, 0.717) is 5.56 Å². The Hall–Kier alpha value is -0.660. The molecule has 26 heavy (non-hydrogen) atoms. The number of likely N-dealkylation sites (tertiary alicyclic amines) is 1. The van der Waals surface area contributed by atoms with Gasteiger partial charge in [0.25, 0.3) is 0 Å². The third kappa shape index (κ3) is 4.78. The van der Waals surface area contributed by atoms with Crippen LogP contribution >= 0.6 is 0 Å². The molecule has 0 spiro atoms. The number of hydrogen-bond acceptors (Lipinski definition) is 3. The van der Waals surface area contributed by atoms with Crippen molar-refractivity contribution in [2.45, 2.75) is 56.7 Å². The molecule has 0 aromatic heterocycles. The molecular formula is C21H32INO3. The van der Waals surface area contributed by atoms with Crippen molar-refractivity contribution in [1.82, 2.24) is 0 Å². The minimum Gasteiger partial charge on any atom is -1.00 e. The monoisotopic (exact) mass is 473 g/mol. The van der Waals surface area contributed by atoms with Crippen LogP contribution < -0.4 is 24.0 Å². The highest BCUT2D eigenvalue weighted by molar-refractivity contribution is 5.81. The molecule has 4 nitrogen and oxygen atoms in total. The predicted octanol–water partition coefficient (Wildman–Crippen LogP) is 0.241. The molecule has 1 aromatic rings. The predicted molar refractivity (Wildman–Crippen MR) is 97.9 cm³/mol. The molecule has 2 aliphatic rings. The number of carbonyl (C=O) groups is 1. The summed E-state index contributed by atoms with van der Waals surface area (Å²) < 4.78 is 6.83. The standard InChI is InChI=1S/C21H32NO3.HI/c1-22(2)15-13-19(14-16-22)25-20(23)21(24,17-9-5-3-6-10-17)18-11-7-4-8-12-18;/h3,5-6,9-10,18-19,24H,4,7-8,11-16H2,1-2H3;1H/q+1;/p-1.